The van der Waals surface area contributed by atoms with Gasteiger partial charge in [-0.1, -0.05) is 54.6 Å². The highest BCUT2D eigenvalue weighted by Crippen LogP contribution is 2.52. The van der Waals surface area contributed by atoms with Gasteiger partial charge < -0.3 is 14.0 Å². The number of ether oxygens (including phenoxy) is 2. The van der Waals surface area contributed by atoms with E-state index < -0.39 is 31.0 Å². The van der Waals surface area contributed by atoms with Gasteiger partial charge in [-0.25, -0.2) is 8.78 Å². The van der Waals surface area contributed by atoms with Crippen LogP contribution in [0.25, 0.3) is 0 Å². The maximum atomic E-state index is 15.2. The summed E-state index contributed by atoms with van der Waals surface area (Å²) in [7, 11) is -0.925. The lowest BCUT2D eigenvalue weighted by Gasteiger charge is -2.25. The summed E-state index contributed by atoms with van der Waals surface area (Å²) in [4.78, 5) is 0. The first kappa shape index (κ1) is 19.0. The molecule has 0 saturated carbocycles. The van der Waals surface area contributed by atoms with Crippen LogP contribution >= 0.6 is 7.14 Å². The summed E-state index contributed by atoms with van der Waals surface area (Å²) < 4.78 is 56.4. The van der Waals surface area contributed by atoms with Gasteiger partial charge in [0.05, 0.1) is 10.6 Å². The molecule has 0 fully saturated rings. The summed E-state index contributed by atoms with van der Waals surface area (Å²) in [6.45, 7) is 0. The van der Waals surface area contributed by atoms with Crippen molar-refractivity contribution in [2.45, 2.75) is 12.2 Å². The molecule has 0 aromatic heterocycles. The predicted octanol–water partition coefficient (Wildman–Crippen LogP) is 3.99. The van der Waals surface area contributed by atoms with Gasteiger partial charge in [0.25, 0.3) is 0 Å². The first-order valence-corrected chi connectivity index (χ1v) is 10.5. The lowest BCUT2D eigenvalue weighted by molar-refractivity contribution is -0.0386. The van der Waals surface area contributed by atoms with Gasteiger partial charge >= 0.3 is 0 Å². The molecule has 6 heteroatoms. The third kappa shape index (κ3) is 2.66. The molecule has 0 spiro atoms. The number of rotatable bonds is 3. The van der Waals surface area contributed by atoms with E-state index in [1.807, 2.05) is 0 Å². The number of halogens is 2. The summed E-state index contributed by atoms with van der Waals surface area (Å²) in [5.74, 6) is -1.31. The molecule has 4 rings (SSSR count). The summed E-state index contributed by atoms with van der Waals surface area (Å²) in [5.41, 5.74) is 0.800. The molecular formula is C22H19F2O3P. The Hall–Kier alpha value is -2.33. The number of hydrogen-bond acceptors (Lipinski definition) is 3. The van der Waals surface area contributed by atoms with Crippen molar-refractivity contribution in [2.75, 3.05) is 14.2 Å². The molecule has 1 aliphatic rings. The standard InChI is InChI=1S/C22H19F2O3P/c1-26-19-15-10-6-12-17(23)21(15)28(25,14-8-4-3-5-9-14)22-16(20(19)27-2)11-7-13-18(22)24/h3-13,19-20H,1-2H3/t19-,20-/m1/s1. The first-order valence-electron chi connectivity index (χ1n) is 8.83. The Kier molecular flexibility index (Phi) is 4.92. The third-order valence-corrected chi connectivity index (χ3v) is 8.41. The van der Waals surface area contributed by atoms with Gasteiger partial charge in [0.1, 0.15) is 23.8 Å². The number of hydrogen-bond donors (Lipinski definition) is 0. The van der Waals surface area contributed by atoms with Crippen LogP contribution in [-0.2, 0) is 14.0 Å². The van der Waals surface area contributed by atoms with Crippen LogP contribution in [0.3, 0.4) is 0 Å². The second-order valence-electron chi connectivity index (χ2n) is 6.61. The van der Waals surface area contributed by atoms with E-state index >= 15 is 8.78 Å². The zero-order valence-electron chi connectivity index (χ0n) is 15.4. The summed E-state index contributed by atoms with van der Waals surface area (Å²) >= 11 is 0. The fourth-order valence-electron chi connectivity index (χ4n) is 4.02. The Morgan fingerprint density at radius 1 is 0.714 bits per heavy atom. The molecule has 0 radical (unpaired) electrons. The average molecular weight is 400 g/mol. The molecule has 2 atom stereocenters. The molecule has 28 heavy (non-hydrogen) atoms. The SMILES string of the molecule is CO[C@@H]1c2cccc(F)c2P(=O)(c2ccccc2)c2c(F)cccc2[C@H]1OC. The molecule has 0 aliphatic carbocycles. The molecule has 0 bridgehead atoms. The molecule has 3 nitrogen and oxygen atoms in total. The van der Waals surface area contributed by atoms with Gasteiger partial charge in [0, 0.05) is 19.5 Å². The molecule has 3 aromatic carbocycles. The second-order valence-corrected chi connectivity index (χ2v) is 9.24. The Bertz CT molecular complexity index is 1010. The summed E-state index contributed by atoms with van der Waals surface area (Å²) in [5, 5.41) is 0.303. The van der Waals surface area contributed by atoms with Crippen molar-refractivity contribution in [2.24, 2.45) is 0 Å². The van der Waals surface area contributed by atoms with Crippen LogP contribution in [0.4, 0.5) is 8.78 Å². The minimum Gasteiger partial charge on any atom is -0.374 e. The van der Waals surface area contributed by atoms with E-state index in [4.69, 9.17) is 9.47 Å². The van der Waals surface area contributed by atoms with Crippen molar-refractivity contribution >= 4 is 23.1 Å². The molecule has 0 unspecified atom stereocenters. The van der Waals surface area contributed by atoms with Crippen LogP contribution in [0, 0.1) is 11.6 Å². The maximum Gasteiger partial charge on any atom is 0.177 e. The van der Waals surface area contributed by atoms with Crippen molar-refractivity contribution in [3.05, 3.63) is 89.5 Å². The van der Waals surface area contributed by atoms with E-state index in [2.05, 4.69) is 0 Å². The molecule has 3 aromatic rings. The van der Waals surface area contributed by atoms with Crippen molar-refractivity contribution < 1.29 is 22.8 Å². The van der Waals surface area contributed by atoms with Crippen molar-refractivity contribution in [3.63, 3.8) is 0 Å². The number of fused-ring (bicyclic) bond motifs is 2. The van der Waals surface area contributed by atoms with Gasteiger partial charge in [0.2, 0.25) is 0 Å². The van der Waals surface area contributed by atoms with Crippen LogP contribution in [0.1, 0.15) is 23.3 Å². The van der Waals surface area contributed by atoms with Crippen LogP contribution in [0.15, 0.2) is 66.7 Å². The van der Waals surface area contributed by atoms with Crippen molar-refractivity contribution in [3.8, 4) is 0 Å². The smallest absolute Gasteiger partial charge is 0.177 e. The van der Waals surface area contributed by atoms with Gasteiger partial charge in [-0.2, -0.15) is 0 Å². The molecule has 0 N–H and O–H groups in total. The Labute approximate surface area is 162 Å². The largest absolute Gasteiger partial charge is 0.374 e. The minimum absolute atomic E-state index is 0.0287. The Balaban J connectivity index is 2.23. The van der Waals surface area contributed by atoms with Crippen molar-refractivity contribution in [1.82, 2.24) is 0 Å². The number of methoxy groups -OCH3 is 2. The van der Waals surface area contributed by atoms with E-state index in [9.17, 15) is 4.57 Å². The lowest BCUT2D eigenvalue weighted by Crippen LogP contribution is -2.31. The quantitative estimate of drug-likeness (QED) is 0.624. The molecule has 1 aliphatic heterocycles. The fourth-order valence-corrected chi connectivity index (χ4v) is 7.24. The van der Waals surface area contributed by atoms with E-state index in [0.29, 0.717) is 16.4 Å². The van der Waals surface area contributed by atoms with Crippen molar-refractivity contribution in [1.29, 1.82) is 0 Å². The van der Waals surface area contributed by atoms with E-state index in [-0.39, 0.29) is 10.6 Å². The molecule has 1 heterocycles. The van der Waals surface area contributed by atoms with Crippen LogP contribution in [0.5, 0.6) is 0 Å². The molecule has 0 amide bonds. The van der Waals surface area contributed by atoms with Crippen LogP contribution in [-0.4, -0.2) is 14.2 Å². The summed E-state index contributed by atoms with van der Waals surface area (Å²) in [6.07, 6.45) is -1.48. The van der Waals surface area contributed by atoms with Gasteiger partial charge in [-0.15, -0.1) is 0 Å². The molecular weight excluding hydrogens is 381 g/mol. The predicted molar refractivity (Wildman–Crippen MR) is 105 cm³/mol. The average Bonchev–Trinajstić information content (AvgIpc) is 2.81. The fraction of sp³-hybridized carbons (Fsp3) is 0.182. The molecule has 0 saturated heterocycles. The normalized spacial score (nSPS) is 20.1. The monoisotopic (exact) mass is 400 g/mol. The van der Waals surface area contributed by atoms with E-state index in [0.717, 1.165) is 0 Å². The Morgan fingerprint density at radius 3 is 1.61 bits per heavy atom. The first-order chi connectivity index (χ1) is 13.5. The van der Waals surface area contributed by atoms with Crippen LogP contribution < -0.4 is 15.9 Å². The topological polar surface area (TPSA) is 35.5 Å². The van der Waals surface area contributed by atoms with Crippen LogP contribution in [0.2, 0.25) is 0 Å². The van der Waals surface area contributed by atoms with E-state index in [1.54, 1.807) is 42.5 Å². The minimum atomic E-state index is -3.88. The zero-order valence-corrected chi connectivity index (χ0v) is 16.3. The Morgan fingerprint density at radius 2 is 1.18 bits per heavy atom. The third-order valence-electron chi connectivity index (χ3n) is 5.18. The summed E-state index contributed by atoms with van der Waals surface area (Å²) in [6, 6.07) is 17.4. The number of benzene rings is 3. The highest BCUT2D eigenvalue weighted by molar-refractivity contribution is 7.85. The van der Waals surface area contributed by atoms with Gasteiger partial charge in [-0.3, -0.25) is 0 Å². The lowest BCUT2D eigenvalue weighted by atomic mass is 9.98. The zero-order chi connectivity index (χ0) is 19.9. The second kappa shape index (κ2) is 7.25. The van der Waals surface area contributed by atoms with E-state index in [1.165, 1.54) is 38.5 Å². The maximum absolute atomic E-state index is 15.2. The van der Waals surface area contributed by atoms with Gasteiger partial charge in [0.15, 0.2) is 7.14 Å². The molecule has 144 valence electrons. The highest BCUT2D eigenvalue weighted by atomic mass is 31.2. The van der Waals surface area contributed by atoms with Gasteiger partial charge in [-0.05, 0) is 23.3 Å². The highest BCUT2D eigenvalue weighted by Gasteiger charge is 2.46.